The quantitative estimate of drug-likeness (QED) is 0.680. The van der Waals surface area contributed by atoms with Crippen molar-refractivity contribution in [1.29, 1.82) is 0 Å². The number of ether oxygens (including phenoxy) is 1. The monoisotopic (exact) mass is 280 g/mol. The van der Waals surface area contributed by atoms with E-state index in [2.05, 4.69) is 10.3 Å². The molecule has 0 bridgehead atoms. The molecule has 1 N–H and O–H groups in total. The minimum absolute atomic E-state index is 0.104. The normalized spacial score (nSPS) is 11.4. The molecular weight excluding hydrogens is 263 g/mol. The van der Waals surface area contributed by atoms with Gasteiger partial charge in [-0.3, -0.25) is 4.79 Å². The molecule has 0 aliphatic carbocycles. The van der Waals surface area contributed by atoms with E-state index in [1.807, 2.05) is 0 Å². The van der Waals surface area contributed by atoms with Crippen LogP contribution in [0.15, 0.2) is 18.3 Å². The number of nitrogens with zero attached hydrogens (tertiary/aromatic N) is 1. The van der Waals surface area contributed by atoms with Gasteiger partial charge in [-0.1, -0.05) is 12.2 Å². The summed E-state index contributed by atoms with van der Waals surface area (Å²) in [5, 5.41) is 2.54. The minimum atomic E-state index is -0.802. The van der Waals surface area contributed by atoms with E-state index in [4.69, 9.17) is 4.74 Å². The number of carbonyl (C=O) groups excluding carboxylic acids is 2. The van der Waals surface area contributed by atoms with E-state index in [-0.39, 0.29) is 12.1 Å². The summed E-state index contributed by atoms with van der Waals surface area (Å²) in [4.78, 5) is 25.3. The lowest BCUT2D eigenvalue weighted by molar-refractivity contribution is 0.0534. The molecule has 1 rings (SSSR count). The van der Waals surface area contributed by atoms with E-state index in [1.165, 1.54) is 12.3 Å². The zero-order chi connectivity index (χ0) is 15.2. The lowest BCUT2D eigenvalue weighted by Gasteiger charge is -2.19. The molecule has 1 aromatic rings. The predicted octanol–water partition coefficient (Wildman–Crippen LogP) is 2.57. The number of carbonyl (C=O) groups is 2. The van der Waals surface area contributed by atoms with Crippen molar-refractivity contribution in [2.75, 3.05) is 6.54 Å². The van der Waals surface area contributed by atoms with Crippen molar-refractivity contribution in [2.45, 2.75) is 26.4 Å². The molecule has 0 radical (unpaired) electrons. The number of aldehydes is 1. The first-order valence-corrected chi connectivity index (χ1v) is 6.06. The number of amides is 1. The topological polar surface area (TPSA) is 68.3 Å². The van der Waals surface area contributed by atoms with Crippen LogP contribution < -0.4 is 5.32 Å². The first kappa shape index (κ1) is 15.8. The van der Waals surface area contributed by atoms with Crippen molar-refractivity contribution in [2.24, 2.45) is 0 Å². The third-order valence-electron chi connectivity index (χ3n) is 2.09. The summed E-state index contributed by atoms with van der Waals surface area (Å²) >= 11 is 0. The first-order chi connectivity index (χ1) is 9.31. The molecule has 108 valence electrons. The Bertz CT molecular complexity index is 522. The fraction of sp³-hybridized carbons (Fsp3) is 0.357. The highest BCUT2D eigenvalue weighted by Gasteiger charge is 2.14. The molecule has 0 spiro atoms. The van der Waals surface area contributed by atoms with Gasteiger partial charge in [0.1, 0.15) is 5.60 Å². The lowest BCUT2D eigenvalue weighted by Crippen LogP contribution is -2.32. The number of halogens is 1. The van der Waals surface area contributed by atoms with Gasteiger partial charge in [-0.15, -0.1) is 0 Å². The Morgan fingerprint density at radius 3 is 2.80 bits per heavy atom. The number of pyridine rings is 1. The molecule has 0 fully saturated rings. The van der Waals surface area contributed by atoms with Gasteiger partial charge >= 0.3 is 6.09 Å². The Morgan fingerprint density at radius 1 is 1.50 bits per heavy atom. The molecule has 0 saturated heterocycles. The van der Waals surface area contributed by atoms with Gasteiger partial charge in [0.15, 0.2) is 6.29 Å². The van der Waals surface area contributed by atoms with Crippen molar-refractivity contribution in [3.8, 4) is 0 Å². The second-order valence-corrected chi connectivity index (χ2v) is 5.05. The lowest BCUT2D eigenvalue weighted by atomic mass is 10.2. The maximum atomic E-state index is 13.0. The summed E-state index contributed by atoms with van der Waals surface area (Å²) < 4.78 is 18.0. The van der Waals surface area contributed by atoms with Crippen LogP contribution in [0.1, 0.15) is 36.7 Å². The molecule has 0 unspecified atom stereocenters. The zero-order valence-corrected chi connectivity index (χ0v) is 11.6. The number of hydrogen-bond donors (Lipinski definition) is 1. The fourth-order valence-corrected chi connectivity index (χ4v) is 1.31. The Balaban J connectivity index is 2.49. The van der Waals surface area contributed by atoms with E-state index in [0.29, 0.717) is 11.8 Å². The van der Waals surface area contributed by atoms with Crippen LogP contribution in [0.5, 0.6) is 0 Å². The highest BCUT2D eigenvalue weighted by atomic mass is 19.1. The third kappa shape index (κ3) is 5.60. The maximum absolute atomic E-state index is 13.0. The van der Waals surface area contributed by atoms with Gasteiger partial charge in [0.25, 0.3) is 0 Å². The van der Waals surface area contributed by atoms with Crippen LogP contribution in [0.3, 0.4) is 0 Å². The minimum Gasteiger partial charge on any atom is -0.444 e. The number of hydrogen-bond acceptors (Lipinski definition) is 4. The van der Waals surface area contributed by atoms with Gasteiger partial charge < -0.3 is 10.1 Å². The molecule has 5 nitrogen and oxygen atoms in total. The second kappa shape index (κ2) is 6.79. The Labute approximate surface area is 116 Å². The molecule has 1 heterocycles. The summed E-state index contributed by atoms with van der Waals surface area (Å²) in [5.74, 6) is -0.802. The van der Waals surface area contributed by atoms with Crippen molar-refractivity contribution >= 4 is 18.5 Å². The average molecular weight is 280 g/mol. The van der Waals surface area contributed by atoms with E-state index in [1.54, 1.807) is 32.9 Å². The van der Waals surface area contributed by atoms with Gasteiger partial charge in [-0.2, -0.15) is 4.39 Å². The van der Waals surface area contributed by atoms with E-state index < -0.39 is 17.6 Å². The van der Waals surface area contributed by atoms with Crippen molar-refractivity contribution in [1.82, 2.24) is 10.3 Å². The number of nitrogens with one attached hydrogen (secondary N) is 1. The molecule has 0 aliphatic heterocycles. The van der Waals surface area contributed by atoms with E-state index >= 15 is 0 Å². The standard InChI is InChI=1S/C14H17FN2O3/c1-14(2,3)20-13(19)16-6-4-5-10-7-11(9-18)12(15)17-8-10/h4-5,7-9H,6H2,1-3H3,(H,16,19). The Morgan fingerprint density at radius 2 is 2.20 bits per heavy atom. The number of rotatable bonds is 4. The van der Waals surface area contributed by atoms with Crippen LogP contribution >= 0.6 is 0 Å². The van der Waals surface area contributed by atoms with Crippen LogP contribution in [0.2, 0.25) is 0 Å². The van der Waals surface area contributed by atoms with E-state index in [0.717, 1.165) is 0 Å². The Kier molecular flexibility index (Phi) is 5.37. The van der Waals surface area contributed by atoms with Crippen molar-refractivity contribution in [3.63, 3.8) is 0 Å². The van der Waals surface area contributed by atoms with Crippen LogP contribution in [-0.4, -0.2) is 29.5 Å². The molecular formula is C14H17FN2O3. The summed E-state index contributed by atoms with van der Waals surface area (Å²) in [6.07, 6.45) is 4.45. The molecule has 20 heavy (non-hydrogen) atoms. The van der Waals surface area contributed by atoms with Gasteiger partial charge in [-0.25, -0.2) is 9.78 Å². The van der Waals surface area contributed by atoms with Crippen LogP contribution in [-0.2, 0) is 4.74 Å². The SMILES string of the molecule is CC(C)(C)OC(=O)NCC=Cc1cnc(F)c(C=O)c1. The highest BCUT2D eigenvalue weighted by Crippen LogP contribution is 2.07. The van der Waals surface area contributed by atoms with Crippen LogP contribution in [0.4, 0.5) is 9.18 Å². The number of alkyl carbamates (subject to hydrolysis) is 1. The molecule has 1 aromatic heterocycles. The van der Waals surface area contributed by atoms with Crippen LogP contribution in [0, 0.1) is 5.95 Å². The summed E-state index contributed by atoms with van der Waals surface area (Å²) in [7, 11) is 0. The fourth-order valence-electron chi connectivity index (χ4n) is 1.31. The largest absolute Gasteiger partial charge is 0.444 e. The molecule has 0 aliphatic rings. The second-order valence-electron chi connectivity index (χ2n) is 5.05. The third-order valence-corrected chi connectivity index (χ3v) is 2.09. The molecule has 6 heteroatoms. The van der Waals surface area contributed by atoms with Gasteiger partial charge in [-0.05, 0) is 32.4 Å². The van der Waals surface area contributed by atoms with Crippen LogP contribution in [0.25, 0.3) is 6.08 Å². The summed E-state index contributed by atoms with van der Waals surface area (Å²) in [6, 6.07) is 1.37. The van der Waals surface area contributed by atoms with Crippen molar-refractivity contribution in [3.05, 3.63) is 35.4 Å². The van der Waals surface area contributed by atoms with Gasteiger partial charge in [0.05, 0.1) is 5.56 Å². The van der Waals surface area contributed by atoms with Gasteiger partial charge in [0, 0.05) is 12.7 Å². The summed E-state index contributed by atoms with van der Waals surface area (Å²) in [5.41, 5.74) is -0.0835. The summed E-state index contributed by atoms with van der Waals surface area (Å²) in [6.45, 7) is 5.57. The molecule has 0 aromatic carbocycles. The average Bonchev–Trinajstić information content (AvgIpc) is 2.34. The zero-order valence-electron chi connectivity index (χ0n) is 11.6. The molecule has 1 amide bonds. The Hall–Kier alpha value is -2.24. The van der Waals surface area contributed by atoms with E-state index in [9.17, 15) is 14.0 Å². The maximum Gasteiger partial charge on any atom is 0.407 e. The smallest absolute Gasteiger partial charge is 0.407 e. The van der Waals surface area contributed by atoms with Gasteiger partial charge in [0.2, 0.25) is 5.95 Å². The number of aromatic nitrogens is 1. The predicted molar refractivity (Wildman–Crippen MR) is 72.9 cm³/mol. The highest BCUT2D eigenvalue weighted by molar-refractivity contribution is 5.76. The first-order valence-electron chi connectivity index (χ1n) is 6.06. The molecule has 0 saturated carbocycles. The molecule has 0 atom stereocenters. The van der Waals surface area contributed by atoms with Crippen molar-refractivity contribution < 1.29 is 18.7 Å².